The largest absolute Gasteiger partial charge is 0.480 e. The first-order valence-corrected chi connectivity index (χ1v) is 4.64. The first-order valence-electron chi connectivity index (χ1n) is 4.64. The lowest BCUT2D eigenvalue weighted by Gasteiger charge is -2.24. The molecule has 80 valence electrons. The molecule has 1 saturated carbocycles. The molecule has 1 aliphatic carbocycles. The van der Waals surface area contributed by atoms with Crippen LogP contribution in [0.15, 0.2) is 0 Å². The molecule has 0 aliphatic heterocycles. The normalized spacial score (nSPS) is 19.2. The van der Waals surface area contributed by atoms with Gasteiger partial charge in [0, 0.05) is 7.11 Å². The summed E-state index contributed by atoms with van der Waals surface area (Å²) in [5, 5.41) is 11.6. The van der Waals surface area contributed by atoms with Crippen LogP contribution in [0.3, 0.4) is 0 Å². The lowest BCUT2D eigenvalue weighted by atomic mass is 9.98. The average molecular weight is 201 g/mol. The van der Waals surface area contributed by atoms with Gasteiger partial charge in [-0.2, -0.15) is 0 Å². The highest BCUT2D eigenvalue weighted by Crippen LogP contribution is 2.29. The quantitative estimate of drug-likeness (QED) is 0.678. The topological polar surface area (TPSA) is 75.6 Å². The van der Waals surface area contributed by atoms with Crippen molar-refractivity contribution >= 4 is 11.9 Å². The molecule has 0 spiro atoms. The SMILES string of the molecule is COCC(=O)NC1(C(=O)O)CCCC1. The number of hydrogen-bond donors (Lipinski definition) is 2. The molecule has 14 heavy (non-hydrogen) atoms. The Kier molecular flexibility index (Phi) is 3.46. The minimum atomic E-state index is -1.05. The van der Waals surface area contributed by atoms with E-state index in [0.29, 0.717) is 12.8 Å². The van der Waals surface area contributed by atoms with Gasteiger partial charge in [-0.15, -0.1) is 0 Å². The maximum atomic E-state index is 11.2. The van der Waals surface area contributed by atoms with Gasteiger partial charge in [0.1, 0.15) is 12.1 Å². The molecule has 0 saturated heterocycles. The zero-order valence-corrected chi connectivity index (χ0v) is 8.21. The van der Waals surface area contributed by atoms with Crippen LogP contribution in [-0.4, -0.2) is 36.2 Å². The van der Waals surface area contributed by atoms with Gasteiger partial charge in [0.15, 0.2) is 0 Å². The summed E-state index contributed by atoms with van der Waals surface area (Å²) in [6.07, 6.45) is 2.72. The molecule has 0 aromatic heterocycles. The number of ether oxygens (including phenoxy) is 1. The van der Waals surface area contributed by atoms with Gasteiger partial charge in [0.05, 0.1) is 0 Å². The van der Waals surface area contributed by atoms with Crippen molar-refractivity contribution < 1.29 is 19.4 Å². The van der Waals surface area contributed by atoms with E-state index in [-0.39, 0.29) is 12.5 Å². The fourth-order valence-corrected chi connectivity index (χ4v) is 1.80. The Morgan fingerprint density at radius 3 is 2.43 bits per heavy atom. The van der Waals surface area contributed by atoms with Crippen molar-refractivity contribution in [1.82, 2.24) is 5.32 Å². The van der Waals surface area contributed by atoms with Crippen molar-refractivity contribution in [3.05, 3.63) is 0 Å². The number of carboxylic acid groups (broad SMARTS) is 1. The van der Waals surface area contributed by atoms with E-state index in [4.69, 9.17) is 5.11 Å². The van der Waals surface area contributed by atoms with Gasteiger partial charge < -0.3 is 15.2 Å². The van der Waals surface area contributed by atoms with Crippen molar-refractivity contribution in [3.63, 3.8) is 0 Å². The zero-order valence-electron chi connectivity index (χ0n) is 8.21. The molecule has 5 nitrogen and oxygen atoms in total. The lowest BCUT2D eigenvalue weighted by Crippen LogP contribution is -2.53. The molecule has 0 aromatic rings. The van der Waals surface area contributed by atoms with Crippen LogP contribution < -0.4 is 5.32 Å². The molecule has 0 bridgehead atoms. The van der Waals surface area contributed by atoms with Crippen LogP contribution in [0.5, 0.6) is 0 Å². The Balaban J connectivity index is 2.60. The van der Waals surface area contributed by atoms with Crippen molar-refractivity contribution in [2.24, 2.45) is 0 Å². The summed E-state index contributed by atoms with van der Waals surface area (Å²) in [7, 11) is 1.40. The molecule has 1 aliphatic rings. The molecule has 0 heterocycles. The van der Waals surface area contributed by atoms with Crippen LogP contribution >= 0.6 is 0 Å². The minimum absolute atomic E-state index is 0.0883. The average Bonchev–Trinajstić information content (AvgIpc) is 2.54. The summed E-state index contributed by atoms with van der Waals surface area (Å²) in [4.78, 5) is 22.2. The Bertz CT molecular complexity index is 233. The number of methoxy groups -OCH3 is 1. The summed E-state index contributed by atoms with van der Waals surface area (Å²) in [5.41, 5.74) is -1.05. The second-order valence-corrected chi connectivity index (χ2v) is 3.58. The van der Waals surface area contributed by atoms with Crippen molar-refractivity contribution in [1.29, 1.82) is 0 Å². The second kappa shape index (κ2) is 4.41. The number of carbonyl (C=O) groups excluding carboxylic acids is 1. The van der Waals surface area contributed by atoms with Crippen LogP contribution in [0.1, 0.15) is 25.7 Å². The van der Waals surface area contributed by atoms with Crippen molar-refractivity contribution in [3.8, 4) is 0 Å². The first-order chi connectivity index (χ1) is 6.60. The van der Waals surface area contributed by atoms with Gasteiger partial charge >= 0.3 is 5.97 Å². The summed E-state index contributed by atoms with van der Waals surface area (Å²) < 4.78 is 4.63. The molecule has 0 atom stereocenters. The number of carbonyl (C=O) groups is 2. The number of aliphatic carboxylic acids is 1. The van der Waals surface area contributed by atoms with Crippen molar-refractivity contribution in [2.75, 3.05) is 13.7 Å². The zero-order chi connectivity index (χ0) is 10.6. The highest BCUT2D eigenvalue weighted by atomic mass is 16.5. The van der Waals surface area contributed by atoms with E-state index in [9.17, 15) is 9.59 Å². The Hall–Kier alpha value is -1.10. The van der Waals surface area contributed by atoms with Gasteiger partial charge in [-0.05, 0) is 12.8 Å². The van der Waals surface area contributed by atoms with E-state index in [1.165, 1.54) is 7.11 Å². The third-order valence-corrected chi connectivity index (χ3v) is 2.52. The number of carboxylic acids is 1. The lowest BCUT2D eigenvalue weighted by molar-refractivity contribution is -0.148. The number of amides is 1. The standard InChI is InChI=1S/C9H15NO4/c1-14-6-7(11)10-9(8(12)13)4-2-3-5-9/h2-6H2,1H3,(H,10,11)(H,12,13). The molecule has 5 heteroatoms. The number of hydrogen-bond acceptors (Lipinski definition) is 3. The van der Waals surface area contributed by atoms with E-state index in [1.807, 2.05) is 0 Å². The highest BCUT2D eigenvalue weighted by molar-refractivity contribution is 5.87. The maximum absolute atomic E-state index is 11.2. The van der Waals surface area contributed by atoms with Gasteiger partial charge in [0.25, 0.3) is 0 Å². The maximum Gasteiger partial charge on any atom is 0.329 e. The fraction of sp³-hybridized carbons (Fsp3) is 0.778. The monoisotopic (exact) mass is 201 g/mol. The Morgan fingerprint density at radius 2 is 2.00 bits per heavy atom. The minimum Gasteiger partial charge on any atom is -0.480 e. The van der Waals surface area contributed by atoms with E-state index < -0.39 is 11.5 Å². The van der Waals surface area contributed by atoms with E-state index in [2.05, 4.69) is 10.1 Å². The van der Waals surface area contributed by atoms with E-state index in [1.54, 1.807) is 0 Å². The predicted molar refractivity (Wildman–Crippen MR) is 48.9 cm³/mol. The summed E-state index contributed by atoms with van der Waals surface area (Å²) in [6, 6.07) is 0. The summed E-state index contributed by atoms with van der Waals surface area (Å²) in [6.45, 7) is -0.0883. The molecule has 1 amide bonds. The van der Waals surface area contributed by atoms with Gasteiger partial charge in [0.2, 0.25) is 5.91 Å². The Morgan fingerprint density at radius 1 is 1.43 bits per heavy atom. The first kappa shape index (κ1) is 11.0. The van der Waals surface area contributed by atoms with Gasteiger partial charge in [-0.3, -0.25) is 4.79 Å². The second-order valence-electron chi connectivity index (χ2n) is 3.58. The van der Waals surface area contributed by atoms with Crippen LogP contribution in [-0.2, 0) is 14.3 Å². The van der Waals surface area contributed by atoms with Crippen LogP contribution in [0.2, 0.25) is 0 Å². The van der Waals surface area contributed by atoms with Crippen LogP contribution in [0.4, 0.5) is 0 Å². The molecule has 2 N–H and O–H groups in total. The van der Waals surface area contributed by atoms with E-state index >= 15 is 0 Å². The summed E-state index contributed by atoms with van der Waals surface area (Å²) >= 11 is 0. The summed E-state index contributed by atoms with van der Waals surface area (Å²) in [5.74, 6) is -1.31. The Labute approximate surface area is 82.4 Å². The molecule has 0 radical (unpaired) electrons. The molecule has 0 aromatic carbocycles. The number of nitrogens with one attached hydrogen (secondary N) is 1. The smallest absolute Gasteiger partial charge is 0.329 e. The van der Waals surface area contributed by atoms with Crippen LogP contribution in [0.25, 0.3) is 0 Å². The molecular weight excluding hydrogens is 186 g/mol. The molecule has 1 rings (SSSR count). The van der Waals surface area contributed by atoms with Crippen LogP contribution in [0, 0.1) is 0 Å². The molecule has 1 fully saturated rings. The third-order valence-electron chi connectivity index (χ3n) is 2.52. The van der Waals surface area contributed by atoms with Gasteiger partial charge in [-0.25, -0.2) is 4.79 Å². The third kappa shape index (κ3) is 2.23. The van der Waals surface area contributed by atoms with E-state index in [0.717, 1.165) is 12.8 Å². The van der Waals surface area contributed by atoms with Crippen molar-refractivity contribution in [2.45, 2.75) is 31.2 Å². The highest BCUT2D eigenvalue weighted by Gasteiger charge is 2.42. The number of rotatable bonds is 4. The predicted octanol–water partition coefficient (Wildman–Crippen LogP) is 0.146. The fourth-order valence-electron chi connectivity index (χ4n) is 1.80. The molecule has 0 unspecified atom stereocenters. The molecular formula is C9H15NO4. The van der Waals surface area contributed by atoms with Gasteiger partial charge in [-0.1, -0.05) is 12.8 Å².